The topological polar surface area (TPSA) is 17.3 Å². The Kier molecular flexibility index (Phi) is 1.51. The van der Waals surface area contributed by atoms with Crippen molar-refractivity contribution in [1.29, 1.82) is 0 Å². The van der Waals surface area contributed by atoms with Gasteiger partial charge in [0.05, 0.1) is 0 Å². The van der Waals surface area contributed by atoms with Gasteiger partial charge in [-0.05, 0) is 0 Å². The summed E-state index contributed by atoms with van der Waals surface area (Å²) in [5.74, 6) is 0. The first-order valence-electron chi connectivity index (χ1n) is 4.00. The molecule has 12 heavy (non-hydrogen) atoms. The van der Waals surface area contributed by atoms with Gasteiger partial charge in [0.1, 0.15) is 0 Å². The van der Waals surface area contributed by atoms with Crippen molar-refractivity contribution >= 4 is 16.3 Å². The second kappa shape index (κ2) is 2.33. The molecule has 0 bridgehead atoms. The van der Waals surface area contributed by atoms with Gasteiger partial charge in [0.15, 0.2) is 4.96 Å². The maximum atomic E-state index is 4.23. The molecule has 0 spiro atoms. The number of hydrogen-bond acceptors (Lipinski definition) is 2. The molecule has 2 nitrogen and oxygen atoms in total. The molecule has 2 rings (SSSR count). The van der Waals surface area contributed by atoms with Gasteiger partial charge in [-0.25, -0.2) is 4.98 Å². The predicted octanol–water partition coefficient (Wildman–Crippen LogP) is 2.69. The van der Waals surface area contributed by atoms with Crippen molar-refractivity contribution < 1.29 is 0 Å². The van der Waals surface area contributed by atoms with E-state index in [4.69, 9.17) is 0 Å². The molecule has 64 valence electrons. The van der Waals surface area contributed by atoms with Crippen molar-refractivity contribution in [3.8, 4) is 0 Å². The SMILES string of the molecule is CC(C)(C)c1csc2nccn12. The molecule has 0 aromatic carbocycles. The highest BCUT2D eigenvalue weighted by atomic mass is 32.1. The average Bonchev–Trinajstić information content (AvgIpc) is 2.37. The van der Waals surface area contributed by atoms with Crippen molar-refractivity contribution in [2.24, 2.45) is 0 Å². The molecule has 0 aliphatic carbocycles. The van der Waals surface area contributed by atoms with Gasteiger partial charge in [-0.2, -0.15) is 0 Å². The lowest BCUT2D eigenvalue weighted by atomic mass is 9.93. The molecule has 0 aliphatic rings. The molecule has 0 saturated heterocycles. The van der Waals surface area contributed by atoms with Crippen LogP contribution in [0, 0.1) is 0 Å². The highest BCUT2D eigenvalue weighted by Gasteiger charge is 2.18. The number of thiazole rings is 1. The van der Waals surface area contributed by atoms with Crippen LogP contribution in [0.1, 0.15) is 26.5 Å². The Morgan fingerprint density at radius 2 is 2.17 bits per heavy atom. The van der Waals surface area contributed by atoms with Gasteiger partial charge in [0.25, 0.3) is 0 Å². The molecule has 0 unspecified atom stereocenters. The molecule has 0 amide bonds. The van der Waals surface area contributed by atoms with E-state index in [2.05, 4.69) is 35.5 Å². The van der Waals surface area contributed by atoms with Crippen LogP contribution in [0.5, 0.6) is 0 Å². The minimum atomic E-state index is 0.207. The Morgan fingerprint density at radius 1 is 1.42 bits per heavy atom. The van der Waals surface area contributed by atoms with Crippen LogP contribution in [0.3, 0.4) is 0 Å². The Balaban J connectivity index is 2.69. The van der Waals surface area contributed by atoms with Crippen LogP contribution in [-0.2, 0) is 5.41 Å². The largest absolute Gasteiger partial charge is 0.294 e. The first-order chi connectivity index (χ1) is 5.59. The van der Waals surface area contributed by atoms with Gasteiger partial charge in [-0.15, -0.1) is 11.3 Å². The minimum Gasteiger partial charge on any atom is -0.294 e. The Hall–Kier alpha value is -0.830. The third kappa shape index (κ3) is 1.05. The predicted molar refractivity (Wildman–Crippen MR) is 51.8 cm³/mol. The van der Waals surface area contributed by atoms with E-state index in [1.54, 1.807) is 11.3 Å². The van der Waals surface area contributed by atoms with Gasteiger partial charge in [0.2, 0.25) is 0 Å². The fourth-order valence-electron chi connectivity index (χ4n) is 1.26. The van der Waals surface area contributed by atoms with Crippen LogP contribution >= 0.6 is 11.3 Å². The summed E-state index contributed by atoms with van der Waals surface area (Å²) in [6.07, 6.45) is 3.87. The lowest BCUT2D eigenvalue weighted by Gasteiger charge is -2.16. The smallest absolute Gasteiger partial charge is 0.193 e. The summed E-state index contributed by atoms with van der Waals surface area (Å²) in [4.78, 5) is 5.32. The molecule has 2 aromatic heterocycles. The van der Waals surface area contributed by atoms with E-state index in [1.165, 1.54) is 5.69 Å². The molecular weight excluding hydrogens is 168 g/mol. The summed E-state index contributed by atoms with van der Waals surface area (Å²) in [7, 11) is 0. The average molecular weight is 180 g/mol. The summed E-state index contributed by atoms with van der Waals surface area (Å²) in [6.45, 7) is 6.65. The zero-order valence-electron chi connectivity index (χ0n) is 7.53. The molecule has 0 saturated carbocycles. The van der Waals surface area contributed by atoms with Crippen molar-refractivity contribution in [2.45, 2.75) is 26.2 Å². The van der Waals surface area contributed by atoms with Gasteiger partial charge in [-0.1, -0.05) is 20.8 Å². The second-order valence-electron chi connectivity index (χ2n) is 3.95. The number of hydrogen-bond donors (Lipinski definition) is 0. The number of nitrogens with zero attached hydrogens (tertiary/aromatic N) is 2. The van der Waals surface area contributed by atoms with E-state index >= 15 is 0 Å². The monoisotopic (exact) mass is 180 g/mol. The first-order valence-corrected chi connectivity index (χ1v) is 4.88. The normalized spacial score (nSPS) is 12.6. The van der Waals surface area contributed by atoms with Gasteiger partial charge < -0.3 is 0 Å². The zero-order chi connectivity index (χ0) is 8.77. The lowest BCUT2D eigenvalue weighted by molar-refractivity contribution is 0.565. The molecular formula is C9H12N2S. The molecule has 0 atom stereocenters. The Morgan fingerprint density at radius 3 is 2.83 bits per heavy atom. The van der Waals surface area contributed by atoms with Crippen molar-refractivity contribution in [3.63, 3.8) is 0 Å². The van der Waals surface area contributed by atoms with Crippen molar-refractivity contribution in [3.05, 3.63) is 23.5 Å². The van der Waals surface area contributed by atoms with Crippen molar-refractivity contribution in [1.82, 2.24) is 9.38 Å². The summed E-state index contributed by atoms with van der Waals surface area (Å²) in [5.41, 5.74) is 1.54. The van der Waals surface area contributed by atoms with E-state index in [9.17, 15) is 0 Å². The number of aromatic nitrogens is 2. The van der Waals surface area contributed by atoms with Crippen LogP contribution in [-0.4, -0.2) is 9.38 Å². The van der Waals surface area contributed by atoms with Crippen LogP contribution in [0.25, 0.3) is 4.96 Å². The first kappa shape index (κ1) is 7.80. The molecule has 0 radical (unpaired) electrons. The van der Waals surface area contributed by atoms with Crippen LogP contribution in [0.15, 0.2) is 17.8 Å². The summed E-state index contributed by atoms with van der Waals surface area (Å²) in [5, 5.41) is 2.18. The molecule has 0 N–H and O–H groups in total. The highest BCUT2D eigenvalue weighted by Crippen LogP contribution is 2.26. The fourth-order valence-corrected chi connectivity index (χ4v) is 2.34. The summed E-state index contributed by atoms with van der Waals surface area (Å²) < 4.78 is 2.16. The molecule has 2 heterocycles. The highest BCUT2D eigenvalue weighted by molar-refractivity contribution is 7.15. The minimum absolute atomic E-state index is 0.207. The van der Waals surface area contributed by atoms with E-state index in [1.807, 2.05) is 12.4 Å². The third-order valence-electron chi connectivity index (χ3n) is 1.91. The van der Waals surface area contributed by atoms with E-state index in [0.29, 0.717) is 0 Å². The standard InChI is InChI=1S/C9H12N2S/c1-9(2,3)7-6-12-8-10-4-5-11(7)8/h4-6H,1-3H3. The van der Waals surface area contributed by atoms with Crippen LogP contribution in [0.4, 0.5) is 0 Å². The maximum Gasteiger partial charge on any atom is 0.193 e. The lowest BCUT2D eigenvalue weighted by Crippen LogP contribution is -2.13. The third-order valence-corrected chi connectivity index (χ3v) is 2.76. The number of rotatable bonds is 0. The van der Waals surface area contributed by atoms with Crippen LogP contribution in [0.2, 0.25) is 0 Å². The number of fused-ring (bicyclic) bond motifs is 1. The molecule has 3 heteroatoms. The van der Waals surface area contributed by atoms with Gasteiger partial charge >= 0.3 is 0 Å². The quantitative estimate of drug-likeness (QED) is 0.609. The summed E-state index contributed by atoms with van der Waals surface area (Å²) in [6, 6.07) is 0. The summed E-state index contributed by atoms with van der Waals surface area (Å²) >= 11 is 1.70. The molecule has 2 aromatic rings. The molecule has 0 aliphatic heterocycles. The van der Waals surface area contributed by atoms with Gasteiger partial charge in [-0.3, -0.25) is 4.40 Å². The zero-order valence-corrected chi connectivity index (χ0v) is 8.35. The second-order valence-corrected chi connectivity index (χ2v) is 4.79. The van der Waals surface area contributed by atoms with Gasteiger partial charge in [0, 0.05) is 28.9 Å². The maximum absolute atomic E-state index is 4.23. The van der Waals surface area contributed by atoms with E-state index in [-0.39, 0.29) is 5.41 Å². The molecule has 0 fully saturated rings. The van der Waals surface area contributed by atoms with E-state index in [0.717, 1.165) is 4.96 Å². The Bertz CT molecular complexity index is 392. The fraction of sp³-hybridized carbons (Fsp3) is 0.444. The van der Waals surface area contributed by atoms with E-state index < -0.39 is 0 Å². The van der Waals surface area contributed by atoms with Crippen LogP contribution < -0.4 is 0 Å². The van der Waals surface area contributed by atoms with Crippen molar-refractivity contribution in [2.75, 3.05) is 0 Å². The Labute approximate surface area is 75.9 Å². The number of imidazole rings is 1.